The number of amides is 1. The zero-order valence-electron chi connectivity index (χ0n) is 11.1. The maximum absolute atomic E-state index is 12.1. The van der Waals surface area contributed by atoms with E-state index >= 15 is 0 Å². The smallest absolute Gasteiger partial charge is 0.415 e. The van der Waals surface area contributed by atoms with E-state index in [1.54, 1.807) is 0 Å². The average molecular weight is 308 g/mol. The van der Waals surface area contributed by atoms with Crippen LogP contribution in [0.3, 0.4) is 0 Å². The van der Waals surface area contributed by atoms with Gasteiger partial charge in [0.05, 0.1) is 25.5 Å². The number of rotatable bonds is 5. The van der Waals surface area contributed by atoms with Gasteiger partial charge in [-0.2, -0.15) is 0 Å². The summed E-state index contributed by atoms with van der Waals surface area (Å²) in [7, 11) is 0. The molecule has 6 nitrogen and oxygen atoms in total. The summed E-state index contributed by atoms with van der Waals surface area (Å²) in [5, 5.41) is 9.23. The van der Waals surface area contributed by atoms with Gasteiger partial charge in [-0.05, 0) is 5.56 Å². The van der Waals surface area contributed by atoms with Crippen LogP contribution in [0, 0.1) is 0 Å². The van der Waals surface area contributed by atoms with Crippen molar-refractivity contribution in [3.05, 3.63) is 53.4 Å². The highest BCUT2D eigenvalue weighted by Crippen LogP contribution is 2.14. The highest BCUT2D eigenvalue weighted by Gasteiger charge is 2.18. The van der Waals surface area contributed by atoms with Gasteiger partial charge in [0.2, 0.25) is 0 Å². The Labute approximate surface area is 127 Å². The predicted molar refractivity (Wildman–Crippen MR) is 78.1 cm³/mol. The summed E-state index contributed by atoms with van der Waals surface area (Å²) in [6.45, 7) is -0.0487. The molecule has 1 aromatic heterocycles. The van der Waals surface area contributed by atoms with E-state index in [9.17, 15) is 4.79 Å². The molecule has 1 N–H and O–H groups in total. The lowest BCUT2D eigenvalue weighted by atomic mass is 10.2. The number of aromatic nitrogens is 2. The summed E-state index contributed by atoms with van der Waals surface area (Å²) < 4.78 is 5.20. The van der Waals surface area contributed by atoms with Crippen LogP contribution in [0.5, 0.6) is 0 Å². The Balaban J connectivity index is 2.05. The third kappa shape index (κ3) is 4.40. The third-order valence-electron chi connectivity index (χ3n) is 2.62. The van der Waals surface area contributed by atoms with Crippen molar-refractivity contribution in [3.63, 3.8) is 0 Å². The topological polar surface area (TPSA) is 75.5 Å². The van der Waals surface area contributed by atoms with Crippen molar-refractivity contribution in [2.24, 2.45) is 0 Å². The van der Waals surface area contributed by atoms with Crippen molar-refractivity contribution in [1.82, 2.24) is 9.97 Å². The standard InChI is InChI=1S/C14H14ClN3O3/c15-12-8-16-9-13(17-12)18(6-7-19)14(20)21-10-11-4-2-1-3-5-11/h1-5,8-9,19H,6-7,10H2. The molecule has 0 saturated carbocycles. The molecule has 0 atom stereocenters. The first kappa shape index (κ1) is 15.2. The molecule has 0 aliphatic rings. The Morgan fingerprint density at radius 2 is 2.05 bits per heavy atom. The maximum atomic E-state index is 12.1. The van der Waals surface area contributed by atoms with Crippen LogP contribution in [0.4, 0.5) is 10.6 Å². The van der Waals surface area contributed by atoms with Crippen LogP contribution in [0.1, 0.15) is 5.56 Å². The molecule has 1 aromatic carbocycles. The molecule has 0 saturated heterocycles. The van der Waals surface area contributed by atoms with Gasteiger partial charge in [0, 0.05) is 0 Å². The summed E-state index contributed by atoms with van der Waals surface area (Å²) in [5.74, 6) is 0.231. The van der Waals surface area contributed by atoms with Gasteiger partial charge in [-0.25, -0.2) is 9.78 Å². The summed E-state index contributed by atoms with van der Waals surface area (Å²) in [5.41, 5.74) is 0.868. The Bertz CT molecular complexity index is 595. The number of carbonyl (C=O) groups is 1. The Morgan fingerprint density at radius 1 is 1.29 bits per heavy atom. The molecular formula is C14H14ClN3O3. The third-order valence-corrected chi connectivity index (χ3v) is 2.80. The first-order chi connectivity index (χ1) is 10.2. The minimum absolute atomic E-state index is 0.0443. The molecule has 21 heavy (non-hydrogen) atoms. The van der Waals surface area contributed by atoms with Gasteiger partial charge in [0.25, 0.3) is 0 Å². The van der Waals surface area contributed by atoms with Gasteiger partial charge in [-0.3, -0.25) is 9.88 Å². The predicted octanol–water partition coefficient (Wildman–Crippen LogP) is 2.27. The first-order valence-corrected chi connectivity index (χ1v) is 6.65. The lowest BCUT2D eigenvalue weighted by molar-refractivity contribution is 0.145. The number of anilines is 1. The molecule has 0 radical (unpaired) electrons. The second kappa shape index (κ2) is 7.56. The van der Waals surface area contributed by atoms with E-state index < -0.39 is 6.09 Å². The molecule has 2 rings (SSSR count). The zero-order valence-corrected chi connectivity index (χ0v) is 11.9. The first-order valence-electron chi connectivity index (χ1n) is 6.27. The van der Waals surface area contributed by atoms with E-state index in [0.717, 1.165) is 5.56 Å². The number of aliphatic hydroxyl groups excluding tert-OH is 1. The van der Waals surface area contributed by atoms with Crippen molar-refractivity contribution in [2.75, 3.05) is 18.1 Å². The number of aliphatic hydroxyl groups is 1. The molecule has 0 aliphatic carbocycles. The maximum Gasteiger partial charge on any atom is 0.415 e. The molecule has 2 aromatic rings. The second-order valence-corrected chi connectivity index (χ2v) is 4.50. The fourth-order valence-electron chi connectivity index (χ4n) is 1.66. The van der Waals surface area contributed by atoms with Crippen LogP contribution in [0.15, 0.2) is 42.7 Å². The van der Waals surface area contributed by atoms with Gasteiger partial charge in [-0.1, -0.05) is 41.9 Å². The van der Waals surface area contributed by atoms with Crippen LogP contribution in [0.25, 0.3) is 0 Å². The quantitative estimate of drug-likeness (QED) is 0.917. The molecule has 110 valence electrons. The number of hydrogen-bond donors (Lipinski definition) is 1. The summed E-state index contributed by atoms with van der Waals surface area (Å²) in [6, 6.07) is 9.30. The Kier molecular flexibility index (Phi) is 5.48. The van der Waals surface area contributed by atoms with Crippen molar-refractivity contribution in [1.29, 1.82) is 0 Å². The van der Waals surface area contributed by atoms with E-state index in [1.807, 2.05) is 30.3 Å². The molecule has 0 aliphatic heterocycles. The SMILES string of the molecule is O=C(OCc1ccccc1)N(CCO)c1cncc(Cl)n1. The monoisotopic (exact) mass is 307 g/mol. The molecule has 7 heteroatoms. The summed E-state index contributed by atoms with van der Waals surface area (Å²) in [6.07, 6.45) is 2.12. The molecule has 0 unspecified atom stereocenters. The molecule has 1 heterocycles. The molecule has 1 amide bonds. The fraction of sp³-hybridized carbons (Fsp3) is 0.214. The number of carbonyl (C=O) groups excluding carboxylic acids is 1. The van der Waals surface area contributed by atoms with Gasteiger partial charge in [0.1, 0.15) is 11.8 Å². The minimum Gasteiger partial charge on any atom is -0.444 e. The lowest BCUT2D eigenvalue weighted by Crippen LogP contribution is -2.34. The molecule has 0 fully saturated rings. The van der Waals surface area contributed by atoms with Crippen molar-refractivity contribution in [3.8, 4) is 0 Å². The number of nitrogens with zero attached hydrogens (tertiary/aromatic N) is 3. The summed E-state index contributed by atoms with van der Waals surface area (Å²) in [4.78, 5) is 21.1. The van der Waals surface area contributed by atoms with Crippen LogP contribution < -0.4 is 4.90 Å². The fourth-order valence-corrected chi connectivity index (χ4v) is 1.80. The van der Waals surface area contributed by atoms with Crippen LogP contribution in [-0.2, 0) is 11.3 Å². The van der Waals surface area contributed by atoms with Crippen molar-refractivity contribution >= 4 is 23.5 Å². The molecule has 0 spiro atoms. The van der Waals surface area contributed by atoms with E-state index in [4.69, 9.17) is 21.4 Å². The van der Waals surface area contributed by atoms with Gasteiger partial charge in [0.15, 0.2) is 5.82 Å². The van der Waals surface area contributed by atoms with E-state index in [0.29, 0.717) is 0 Å². The number of hydrogen-bond acceptors (Lipinski definition) is 5. The largest absolute Gasteiger partial charge is 0.444 e. The van der Waals surface area contributed by atoms with Crippen molar-refractivity contribution < 1.29 is 14.6 Å². The van der Waals surface area contributed by atoms with Crippen molar-refractivity contribution in [2.45, 2.75) is 6.61 Å². The molecule has 0 bridgehead atoms. The number of ether oxygens (including phenoxy) is 1. The van der Waals surface area contributed by atoms with E-state index in [1.165, 1.54) is 17.3 Å². The van der Waals surface area contributed by atoms with E-state index in [2.05, 4.69) is 9.97 Å². The Hall–Kier alpha value is -2.18. The minimum atomic E-state index is -0.621. The van der Waals surface area contributed by atoms with Gasteiger partial charge >= 0.3 is 6.09 Å². The van der Waals surface area contributed by atoms with E-state index in [-0.39, 0.29) is 30.7 Å². The zero-order chi connectivity index (χ0) is 15.1. The summed E-state index contributed by atoms with van der Waals surface area (Å²) >= 11 is 5.75. The Morgan fingerprint density at radius 3 is 2.71 bits per heavy atom. The number of benzene rings is 1. The average Bonchev–Trinajstić information content (AvgIpc) is 2.51. The van der Waals surface area contributed by atoms with Crippen LogP contribution in [0.2, 0.25) is 5.15 Å². The van der Waals surface area contributed by atoms with Gasteiger partial charge in [-0.15, -0.1) is 0 Å². The van der Waals surface area contributed by atoms with Crippen LogP contribution in [-0.4, -0.2) is 34.3 Å². The second-order valence-electron chi connectivity index (χ2n) is 4.12. The van der Waals surface area contributed by atoms with Crippen LogP contribution >= 0.6 is 11.6 Å². The number of halogens is 1. The highest BCUT2D eigenvalue weighted by atomic mass is 35.5. The molecular weight excluding hydrogens is 294 g/mol. The normalized spacial score (nSPS) is 10.2. The lowest BCUT2D eigenvalue weighted by Gasteiger charge is -2.19. The van der Waals surface area contributed by atoms with Gasteiger partial charge < -0.3 is 9.84 Å². The highest BCUT2D eigenvalue weighted by molar-refractivity contribution is 6.29.